The molecule has 0 radical (unpaired) electrons. The van der Waals surface area contributed by atoms with E-state index in [4.69, 9.17) is 5.73 Å². The zero-order chi connectivity index (χ0) is 18.7. The van der Waals surface area contributed by atoms with Crippen molar-refractivity contribution in [3.8, 4) is 0 Å². The van der Waals surface area contributed by atoms with Crippen LogP contribution in [-0.2, 0) is 4.79 Å². The van der Waals surface area contributed by atoms with Crippen LogP contribution in [0, 0.1) is 17.6 Å². The molecule has 1 aliphatic carbocycles. The van der Waals surface area contributed by atoms with Gasteiger partial charge in [-0.25, -0.2) is 8.78 Å². The normalized spacial score (nSPS) is 16.0. The van der Waals surface area contributed by atoms with Crippen LogP contribution in [0.3, 0.4) is 0 Å². The Hall–Kier alpha value is -3.03. The van der Waals surface area contributed by atoms with Crippen LogP contribution in [0.1, 0.15) is 31.4 Å². The third-order valence-corrected chi connectivity index (χ3v) is 4.16. The lowest BCUT2D eigenvalue weighted by Crippen LogP contribution is -2.23. The number of nitrogens with zero attached hydrogens (tertiary/aromatic N) is 2. The van der Waals surface area contributed by atoms with E-state index in [1.807, 2.05) is 6.07 Å². The van der Waals surface area contributed by atoms with Gasteiger partial charge in [0.1, 0.15) is 11.6 Å². The van der Waals surface area contributed by atoms with Crippen LogP contribution in [0.4, 0.5) is 20.3 Å². The smallest absolute Gasteiger partial charge is 0.232 e. The summed E-state index contributed by atoms with van der Waals surface area (Å²) in [6.45, 7) is 1.65. The van der Waals surface area contributed by atoms with Gasteiger partial charge in [-0.2, -0.15) is 5.10 Å². The van der Waals surface area contributed by atoms with E-state index in [0.29, 0.717) is 17.3 Å². The van der Waals surface area contributed by atoms with E-state index in [-0.39, 0.29) is 11.6 Å². The van der Waals surface area contributed by atoms with Crippen LogP contribution in [0.25, 0.3) is 0 Å². The lowest BCUT2D eigenvalue weighted by atomic mass is 10.0. The van der Waals surface area contributed by atoms with Crippen molar-refractivity contribution >= 4 is 23.6 Å². The van der Waals surface area contributed by atoms with E-state index in [0.717, 1.165) is 36.7 Å². The zero-order valence-electron chi connectivity index (χ0n) is 14.2. The number of amides is 1. The summed E-state index contributed by atoms with van der Waals surface area (Å²) in [7, 11) is 0. The molecule has 3 rings (SSSR count). The van der Waals surface area contributed by atoms with Crippen LogP contribution >= 0.6 is 0 Å². The largest absolute Gasteiger partial charge is 0.404 e. The van der Waals surface area contributed by atoms with Gasteiger partial charge >= 0.3 is 0 Å². The van der Waals surface area contributed by atoms with Gasteiger partial charge in [0.05, 0.1) is 11.6 Å². The van der Waals surface area contributed by atoms with Crippen molar-refractivity contribution in [3.05, 3.63) is 53.4 Å². The molecule has 136 valence electrons. The van der Waals surface area contributed by atoms with Crippen molar-refractivity contribution in [2.45, 2.75) is 25.7 Å². The average Bonchev–Trinajstić information content (AvgIpc) is 3.34. The topological polar surface area (TPSA) is 96.2 Å². The van der Waals surface area contributed by atoms with Crippen LogP contribution in [0.5, 0.6) is 0 Å². The number of nitrogens with two attached hydrogens (primary N) is 1. The highest BCUT2D eigenvalue weighted by Gasteiger charge is 2.26. The molecule has 1 aliphatic rings. The monoisotopic (exact) mass is 359 g/mol. The lowest BCUT2D eigenvalue weighted by Gasteiger charge is -2.11. The standard InChI is InChI=1S/C18H19F2N5O/c1-10(18(26)23-17-7-16(24-25-17)11-2-3-11)12(8-21)9-22-15-5-13(19)4-14(20)6-15/h4-11H,2-3,21H2,1H3,(H2,23,24,25,26)/b12-8+,22-9?. The van der Waals surface area contributed by atoms with E-state index in [1.165, 1.54) is 12.4 Å². The minimum absolute atomic E-state index is 0.0934. The number of carbonyl (C=O) groups excluding carboxylic acids is 1. The highest BCUT2D eigenvalue weighted by atomic mass is 19.1. The summed E-state index contributed by atoms with van der Waals surface area (Å²) in [5.41, 5.74) is 7.09. The van der Waals surface area contributed by atoms with Crippen LogP contribution in [0.2, 0.25) is 0 Å². The fraction of sp³-hybridized carbons (Fsp3) is 0.278. The van der Waals surface area contributed by atoms with E-state index in [9.17, 15) is 13.6 Å². The Balaban J connectivity index is 1.66. The number of halogens is 2. The summed E-state index contributed by atoms with van der Waals surface area (Å²) >= 11 is 0. The molecule has 6 nitrogen and oxygen atoms in total. The maximum absolute atomic E-state index is 13.2. The maximum atomic E-state index is 13.2. The van der Waals surface area contributed by atoms with E-state index < -0.39 is 17.6 Å². The molecule has 0 saturated heterocycles. The Bertz CT molecular complexity index is 850. The Labute approximate surface area is 149 Å². The molecule has 1 saturated carbocycles. The predicted octanol–water partition coefficient (Wildman–Crippen LogP) is 3.39. The van der Waals surface area contributed by atoms with Gasteiger partial charge in [-0.15, -0.1) is 0 Å². The number of hydrogen-bond donors (Lipinski definition) is 3. The Kier molecular flexibility index (Phi) is 5.11. The highest BCUT2D eigenvalue weighted by molar-refractivity contribution is 5.98. The summed E-state index contributed by atoms with van der Waals surface area (Å²) in [4.78, 5) is 16.4. The molecule has 1 amide bonds. The summed E-state index contributed by atoms with van der Waals surface area (Å²) in [5, 5.41) is 9.70. The van der Waals surface area contributed by atoms with Crippen LogP contribution < -0.4 is 11.1 Å². The van der Waals surface area contributed by atoms with Gasteiger partial charge in [-0.1, -0.05) is 0 Å². The first-order chi connectivity index (χ1) is 12.5. The fourth-order valence-electron chi connectivity index (χ4n) is 2.45. The average molecular weight is 359 g/mol. The molecule has 26 heavy (non-hydrogen) atoms. The number of aromatic nitrogens is 2. The van der Waals surface area contributed by atoms with Crippen molar-refractivity contribution in [1.29, 1.82) is 0 Å². The number of nitrogens with one attached hydrogen (secondary N) is 2. The number of aliphatic imine (C=N–C) groups is 1. The molecule has 1 heterocycles. The van der Waals surface area contributed by atoms with Crippen LogP contribution in [0.15, 0.2) is 41.0 Å². The lowest BCUT2D eigenvalue weighted by molar-refractivity contribution is -0.118. The molecule has 4 N–H and O–H groups in total. The van der Waals surface area contributed by atoms with Gasteiger partial charge < -0.3 is 11.1 Å². The summed E-state index contributed by atoms with van der Waals surface area (Å²) in [6.07, 6.45) is 4.81. The quantitative estimate of drug-likeness (QED) is 0.690. The second kappa shape index (κ2) is 7.47. The third kappa shape index (κ3) is 4.33. The molecule has 2 aromatic rings. The van der Waals surface area contributed by atoms with Crippen molar-refractivity contribution in [2.75, 3.05) is 5.32 Å². The van der Waals surface area contributed by atoms with Gasteiger partial charge in [0.15, 0.2) is 5.82 Å². The summed E-state index contributed by atoms with van der Waals surface area (Å²) < 4.78 is 26.4. The summed E-state index contributed by atoms with van der Waals surface area (Å²) in [5.74, 6) is -1.44. The number of benzene rings is 1. The van der Waals surface area contributed by atoms with Gasteiger partial charge in [0.25, 0.3) is 0 Å². The SMILES string of the molecule is CC(C(=O)Nc1cc(C2CC2)[nH]n1)/C(C=Nc1cc(F)cc(F)c1)=C/N. The number of rotatable bonds is 6. The molecular weight excluding hydrogens is 340 g/mol. The van der Waals surface area contributed by atoms with Gasteiger partial charge in [-0.05, 0) is 43.7 Å². The number of aromatic amines is 1. The van der Waals surface area contributed by atoms with Crippen LogP contribution in [-0.4, -0.2) is 22.3 Å². The second-order valence-corrected chi connectivity index (χ2v) is 6.25. The van der Waals surface area contributed by atoms with Crippen molar-refractivity contribution in [1.82, 2.24) is 10.2 Å². The molecule has 1 aromatic heterocycles. The van der Waals surface area contributed by atoms with Crippen molar-refractivity contribution < 1.29 is 13.6 Å². The van der Waals surface area contributed by atoms with E-state index in [2.05, 4.69) is 20.5 Å². The fourth-order valence-corrected chi connectivity index (χ4v) is 2.45. The number of carbonyl (C=O) groups is 1. The molecule has 0 spiro atoms. The van der Waals surface area contributed by atoms with E-state index >= 15 is 0 Å². The van der Waals surface area contributed by atoms with Gasteiger partial charge in [0, 0.05) is 30.0 Å². The molecule has 1 unspecified atom stereocenters. The highest BCUT2D eigenvalue weighted by Crippen LogP contribution is 2.39. The molecule has 0 aliphatic heterocycles. The Morgan fingerprint density at radius 1 is 1.35 bits per heavy atom. The number of H-pyrrole nitrogens is 1. The third-order valence-electron chi connectivity index (χ3n) is 4.16. The predicted molar refractivity (Wildman–Crippen MR) is 95.1 cm³/mol. The molecule has 1 atom stereocenters. The molecule has 1 fully saturated rings. The maximum Gasteiger partial charge on any atom is 0.232 e. The molecule has 8 heteroatoms. The Morgan fingerprint density at radius 3 is 2.65 bits per heavy atom. The zero-order valence-corrected chi connectivity index (χ0v) is 14.2. The van der Waals surface area contributed by atoms with Crippen molar-refractivity contribution in [3.63, 3.8) is 0 Å². The minimum atomic E-state index is -0.730. The second-order valence-electron chi connectivity index (χ2n) is 6.25. The number of hydrogen-bond acceptors (Lipinski definition) is 4. The molecule has 1 aromatic carbocycles. The first-order valence-electron chi connectivity index (χ1n) is 8.24. The van der Waals surface area contributed by atoms with Crippen molar-refractivity contribution in [2.24, 2.45) is 16.6 Å². The molecule has 0 bridgehead atoms. The van der Waals surface area contributed by atoms with Gasteiger partial charge in [0.2, 0.25) is 5.91 Å². The summed E-state index contributed by atoms with van der Waals surface area (Å²) in [6, 6.07) is 4.75. The Morgan fingerprint density at radius 2 is 2.04 bits per heavy atom. The number of anilines is 1. The van der Waals surface area contributed by atoms with Gasteiger partial charge in [-0.3, -0.25) is 14.9 Å². The molecular formula is C18H19F2N5O. The minimum Gasteiger partial charge on any atom is -0.404 e. The van der Waals surface area contributed by atoms with E-state index in [1.54, 1.807) is 6.92 Å². The first-order valence-corrected chi connectivity index (χ1v) is 8.24. The first kappa shape index (κ1) is 17.8.